The standard InChI is InChI=1S/C13H9N5OS2/c1-14-11-10(9-3-2-6-20-9)16-13(17-12(11)19)21-7-8-4-5-15-18-8/h2-3,5-6H,4,7H2,(H,16,17,19). The maximum Gasteiger partial charge on any atom is 0.276 e. The van der Waals surface area contributed by atoms with Crippen molar-refractivity contribution in [1.29, 1.82) is 0 Å². The smallest absolute Gasteiger partial charge is 0.276 e. The van der Waals surface area contributed by atoms with E-state index in [4.69, 9.17) is 6.57 Å². The van der Waals surface area contributed by atoms with Crippen molar-refractivity contribution >= 4 is 40.7 Å². The molecule has 0 amide bonds. The molecule has 0 unspecified atom stereocenters. The molecule has 0 saturated carbocycles. The molecule has 0 fully saturated rings. The Hall–Kier alpha value is -2.24. The topological polar surface area (TPSA) is 74.8 Å². The molecule has 8 heteroatoms. The third kappa shape index (κ3) is 2.94. The van der Waals surface area contributed by atoms with Crippen LogP contribution in [0.2, 0.25) is 0 Å². The van der Waals surface area contributed by atoms with Gasteiger partial charge in [0.15, 0.2) is 5.16 Å². The summed E-state index contributed by atoms with van der Waals surface area (Å²) in [6.07, 6.45) is 2.47. The SMILES string of the molecule is [C-]#[N+]c1c(-c2cccs2)nc(SCC2=NN=CC2)[nH]c1=O. The number of aromatic nitrogens is 2. The number of H-pyrrole nitrogens is 1. The Bertz CT molecular complexity index is 814. The molecule has 2 aromatic heterocycles. The lowest BCUT2D eigenvalue weighted by Crippen LogP contribution is -2.10. The lowest BCUT2D eigenvalue weighted by Gasteiger charge is -2.04. The molecule has 0 atom stereocenters. The maximum absolute atomic E-state index is 12.0. The van der Waals surface area contributed by atoms with Crippen LogP contribution in [0.15, 0.2) is 37.7 Å². The van der Waals surface area contributed by atoms with Crippen molar-refractivity contribution in [2.24, 2.45) is 10.2 Å². The minimum absolute atomic E-state index is 0.0309. The Morgan fingerprint density at radius 3 is 3.10 bits per heavy atom. The monoisotopic (exact) mass is 315 g/mol. The van der Waals surface area contributed by atoms with Crippen LogP contribution in [0.5, 0.6) is 0 Å². The number of thioether (sulfide) groups is 1. The summed E-state index contributed by atoms with van der Waals surface area (Å²) in [5, 5.41) is 10.2. The predicted molar refractivity (Wildman–Crippen MR) is 85.7 cm³/mol. The largest absolute Gasteiger partial charge is 0.311 e. The van der Waals surface area contributed by atoms with Crippen molar-refractivity contribution in [2.45, 2.75) is 11.6 Å². The van der Waals surface area contributed by atoms with Crippen molar-refractivity contribution in [2.75, 3.05) is 5.75 Å². The van der Waals surface area contributed by atoms with Gasteiger partial charge in [0.1, 0.15) is 0 Å². The van der Waals surface area contributed by atoms with Gasteiger partial charge < -0.3 is 4.98 Å². The number of thiophene rings is 1. The normalized spacial score (nSPS) is 13.2. The molecule has 3 rings (SSSR count). The minimum atomic E-state index is -0.407. The van der Waals surface area contributed by atoms with Crippen LogP contribution in [-0.2, 0) is 0 Å². The van der Waals surface area contributed by atoms with E-state index in [0.717, 1.165) is 17.0 Å². The number of hydrogen-bond donors (Lipinski definition) is 1. The van der Waals surface area contributed by atoms with Gasteiger partial charge in [0, 0.05) is 23.3 Å². The first-order valence-corrected chi connectivity index (χ1v) is 7.90. The Kier molecular flexibility index (Phi) is 3.94. The first-order chi connectivity index (χ1) is 10.3. The molecule has 0 aromatic carbocycles. The molecule has 0 spiro atoms. The van der Waals surface area contributed by atoms with E-state index in [9.17, 15) is 4.79 Å². The first kappa shape index (κ1) is 13.7. The Morgan fingerprint density at radius 1 is 1.52 bits per heavy atom. The van der Waals surface area contributed by atoms with Gasteiger partial charge in [-0.25, -0.2) is 9.83 Å². The zero-order chi connectivity index (χ0) is 14.7. The van der Waals surface area contributed by atoms with Crippen LogP contribution in [0.3, 0.4) is 0 Å². The molecule has 1 aliphatic heterocycles. The highest BCUT2D eigenvalue weighted by atomic mass is 32.2. The average molecular weight is 315 g/mol. The van der Waals surface area contributed by atoms with Gasteiger partial charge in [-0.3, -0.25) is 4.79 Å². The van der Waals surface area contributed by atoms with Gasteiger partial charge >= 0.3 is 0 Å². The second kappa shape index (κ2) is 6.03. The molecule has 0 radical (unpaired) electrons. The van der Waals surface area contributed by atoms with E-state index in [1.165, 1.54) is 23.1 Å². The van der Waals surface area contributed by atoms with Gasteiger partial charge in [0.05, 0.1) is 18.0 Å². The highest BCUT2D eigenvalue weighted by molar-refractivity contribution is 7.99. The number of aromatic amines is 1. The fourth-order valence-electron chi connectivity index (χ4n) is 1.75. The van der Waals surface area contributed by atoms with Crippen LogP contribution < -0.4 is 5.56 Å². The van der Waals surface area contributed by atoms with Crippen molar-refractivity contribution in [1.82, 2.24) is 9.97 Å². The molecule has 0 aliphatic carbocycles. The highest BCUT2D eigenvalue weighted by Gasteiger charge is 2.15. The van der Waals surface area contributed by atoms with Gasteiger partial charge in [0.2, 0.25) is 0 Å². The molecule has 2 aromatic rings. The molecule has 104 valence electrons. The molecular weight excluding hydrogens is 306 g/mol. The first-order valence-electron chi connectivity index (χ1n) is 6.03. The average Bonchev–Trinajstić information content (AvgIpc) is 3.17. The van der Waals surface area contributed by atoms with Gasteiger partial charge in [-0.1, -0.05) is 17.8 Å². The highest BCUT2D eigenvalue weighted by Crippen LogP contribution is 2.30. The minimum Gasteiger partial charge on any atom is -0.311 e. The molecule has 3 heterocycles. The quantitative estimate of drug-likeness (QED) is 0.535. The molecule has 21 heavy (non-hydrogen) atoms. The van der Waals surface area contributed by atoms with E-state index < -0.39 is 5.56 Å². The van der Waals surface area contributed by atoms with E-state index in [2.05, 4.69) is 25.0 Å². The van der Waals surface area contributed by atoms with Crippen LogP contribution in [0.25, 0.3) is 15.4 Å². The van der Waals surface area contributed by atoms with E-state index in [-0.39, 0.29) is 5.69 Å². The van der Waals surface area contributed by atoms with Gasteiger partial charge in [0.25, 0.3) is 11.2 Å². The predicted octanol–water partition coefficient (Wildman–Crippen LogP) is 2.97. The summed E-state index contributed by atoms with van der Waals surface area (Å²) in [5.41, 5.74) is 1.00. The second-order valence-corrected chi connectivity index (χ2v) is 6.03. The summed E-state index contributed by atoms with van der Waals surface area (Å²) in [7, 11) is 0. The molecule has 1 aliphatic rings. The summed E-state index contributed by atoms with van der Waals surface area (Å²) in [4.78, 5) is 23.2. The maximum atomic E-state index is 12.0. The molecule has 0 saturated heterocycles. The summed E-state index contributed by atoms with van der Waals surface area (Å²) in [5.74, 6) is 0.615. The lowest BCUT2D eigenvalue weighted by atomic mass is 10.3. The van der Waals surface area contributed by atoms with Gasteiger partial charge in [-0.15, -0.1) is 11.3 Å². The number of rotatable bonds is 4. The number of nitrogens with one attached hydrogen (secondary N) is 1. The van der Waals surface area contributed by atoms with E-state index in [0.29, 0.717) is 16.6 Å². The molecule has 0 bridgehead atoms. The van der Waals surface area contributed by atoms with Gasteiger partial charge in [-0.2, -0.15) is 10.2 Å². The summed E-state index contributed by atoms with van der Waals surface area (Å²) < 4.78 is 0. The van der Waals surface area contributed by atoms with Crippen molar-refractivity contribution in [3.63, 3.8) is 0 Å². The zero-order valence-electron chi connectivity index (χ0n) is 10.7. The Morgan fingerprint density at radius 2 is 2.43 bits per heavy atom. The summed E-state index contributed by atoms with van der Waals surface area (Å²) in [6.45, 7) is 7.16. The van der Waals surface area contributed by atoms with Crippen LogP contribution in [0.4, 0.5) is 5.69 Å². The molecule has 1 N–H and O–H groups in total. The van der Waals surface area contributed by atoms with Crippen LogP contribution in [-0.4, -0.2) is 27.6 Å². The molecule has 6 nitrogen and oxygen atoms in total. The third-order valence-electron chi connectivity index (χ3n) is 2.72. The fraction of sp³-hybridized carbons (Fsp3) is 0.154. The fourth-order valence-corrected chi connectivity index (χ4v) is 3.27. The number of nitrogens with zero attached hydrogens (tertiary/aromatic N) is 4. The van der Waals surface area contributed by atoms with Crippen molar-refractivity contribution in [3.05, 3.63) is 39.3 Å². The van der Waals surface area contributed by atoms with Crippen LogP contribution in [0, 0.1) is 6.57 Å². The third-order valence-corrected chi connectivity index (χ3v) is 4.54. The summed E-state index contributed by atoms with van der Waals surface area (Å²) >= 11 is 2.84. The summed E-state index contributed by atoms with van der Waals surface area (Å²) in [6, 6.07) is 3.72. The van der Waals surface area contributed by atoms with Gasteiger partial charge in [-0.05, 0) is 11.4 Å². The Balaban J connectivity index is 1.92. The number of hydrogen-bond acceptors (Lipinski definition) is 6. The van der Waals surface area contributed by atoms with E-state index >= 15 is 0 Å². The van der Waals surface area contributed by atoms with Crippen LogP contribution >= 0.6 is 23.1 Å². The second-order valence-electron chi connectivity index (χ2n) is 4.11. The van der Waals surface area contributed by atoms with Crippen molar-refractivity contribution < 1.29 is 0 Å². The van der Waals surface area contributed by atoms with E-state index in [1.54, 1.807) is 6.21 Å². The zero-order valence-corrected chi connectivity index (χ0v) is 12.4. The van der Waals surface area contributed by atoms with E-state index in [1.807, 2.05) is 17.5 Å². The Labute approximate surface area is 128 Å². The molecular formula is C13H9N5OS2. The lowest BCUT2D eigenvalue weighted by molar-refractivity contribution is 0.953. The van der Waals surface area contributed by atoms with Crippen LogP contribution in [0.1, 0.15) is 6.42 Å². The van der Waals surface area contributed by atoms with Crippen molar-refractivity contribution in [3.8, 4) is 10.6 Å².